The molecular weight excluding hydrogens is 469 g/mol. The lowest BCUT2D eigenvalue weighted by Crippen LogP contribution is -2.44. The predicted molar refractivity (Wildman–Crippen MR) is 135 cm³/mol. The van der Waals surface area contributed by atoms with Crippen molar-refractivity contribution in [2.75, 3.05) is 49.2 Å². The molecule has 1 saturated heterocycles. The minimum atomic E-state index is -4.50. The molecule has 1 aliphatic heterocycles. The highest BCUT2D eigenvalue weighted by atomic mass is 19.4. The summed E-state index contributed by atoms with van der Waals surface area (Å²) >= 11 is 0. The highest BCUT2D eigenvalue weighted by Gasteiger charge is 2.31. The third-order valence-corrected chi connectivity index (χ3v) is 6.54. The van der Waals surface area contributed by atoms with Crippen molar-refractivity contribution in [2.45, 2.75) is 19.1 Å². The van der Waals surface area contributed by atoms with Crippen molar-refractivity contribution in [3.8, 4) is 11.3 Å². The lowest BCUT2D eigenvalue weighted by atomic mass is 10.1. The molecule has 0 amide bonds. The highest BCUT2D eigenvalue weighted by Crippen LogP contribution is 2.35. The number of nitrogens with two attached hydrogens (primary N) is 1. The van der Waals surface area contributed by atoms with E-state index in [1.54, 1.807) is 6.20 Å². The van der Waals surface area contributed by atoms with Crippen molar-refractivity contribution in [3.05, 3.63) is 60.0 Å². The summed E-state index contributed by atoms with van der Waals surface area (Å²) in [4.78, 5) is 20.3. The van der Waals surface area contributed by atoms with Gasteiger partial charge in [-0.05, 0) is 37.7 Å². The number of nitrogens with zero attached hydrogens (tertiary/aromatic N) is 5. The number of halogens is 3. The van der Waals surface area contributed by atoms with Crippen molar-refractivity contribution in [1.82, 2.24) is 24.8 Å². The van der Waals surface area contributed by atoms with Gasteiger partial charge in [0.25, 0.3) is 0 Å². The molecule has 0 aliphatic carbocycles. The quantitative estimate of drug-likeness (QED) is 0.373. The second-order valence-corrected chi connectivity index (χ2v) is 9.07. The number of nitrogens with one attached hydrogen (secondary N) is 2. The molecule has 1 atom stereocenters. The van der Waals surface area contributed by atoms with Crippen LogP contribution in [0.5, 0.6) is 0 Å². The Kier molecular flexibility index (Phi) is 6.17. The number of aromatic amines is 1. The van der Waals surface area contributed by atoms with Crippen LogP contribution in [-0.4, -0.2) is 58.1 Å². The van der Waals surface area contributed by atoms with Crippen LogP contribution in [0.4, 0.5) is 30.5 Å². The van der Waals surface area contributed by atoms with Gasteiger partial charge in [-0.15, -0.1) is 0 Å². The normalized spacial score (nSPS) is 15.9. The fraction of sp³-hybridized carbons (Fsp3) is 0.320. The molecule has 0 bridgehead atoms. The lowest BCUT2D eigenvalue weighted by Gasteiger charge is -2.34. The minimum absolute atomic E-state index is 0.107. The Morgan fingerprint density at radius 1 is 1.06 bits per heavy atom. The van der Waals surface area contributed by atoms with E-state index in [1.165, 1.54) is 11.9 Å². The summed E-state index contributed by atoms with van der Waals surface area (Å²) in [6.45, 7) is 6.08. The molecule has 4 heterocycles. The first-order valence-corrected chi connectivity index (χ1v) is 11.7. The van der Waals surface area contributed by atoms with Gasteiger partial charge in [0.15, 0.2) is 0 Å². The maximum atomic E-state index is 13.2. The average molecular weight is 497 g/mol. The summed E-state index contributed by atoms with van der Waals surface area (Å²) in [5.41, 5.74) is 8.86. The fourth-order valence-corrected chi connectivity index (χ4v) is 4.35. The molecule has 0 spiro atoms. The summed E-state index contributed by atoms with van der Waals surface area (Å²) in [5, 5.41) is 3.56. The van der Waals surface area contributed by atoms with Gasteiger partial charge >= 0.3 is 6.18 Å². The number of alkyl halides is 3. The zero-order chi connectivity index (χ0) is 25.4. The number of aromatic nitrogens is 4. The van der Waals surface area contributed by atoms with Crippen LogP contribution in [0.25, 0.3) is 22.3 Å². The van der Waals surface area contributed by atoms with Crippen LogP contribution in [0.1, 0.15) is 24.1 Å². The van der Waals surface area contributed by atoms with Crippen molar-refractivity contribution in [2.24, 2.45) is 0 Å². The van der Waals surface area contributed by atoms with Crippen LogP contribution >= 0.6 is 0 Å². The van der Waals surface area contributed by atoms with E-state index in [-0.39, 0.29) is 17.1 Å². The number of hydrogen-bond donors (Lipinski definition) is 3. The van der Waals surface area contributed by atoms with Crippen LogP contribution in [0, 0.1) is 0 Å². The van der Waals surface area contributed by atoms with Gasteiger partial charge in [0, 0.05) is 55.2 Å². The van der Waals surface area contributed by atoms with E-state index >= 15 is 0 Å². The zero-order valence-corrected chi connectivity index (χ0v) is 20.0. The zero-order valence-electron chi connectivity index (χ0n) is 20.0. The average Bonchev–Trinajstić information content (AvgIpc) is 3.28. The molecule has 11 heteroatoms. The summed E-state index contributed by atoms with van der Waals surface area (Å²) in [6.07, 6.45) is -0.695. The summed E-state index contributed by atoms with van der Waals surface area (Å²) < 4.78 is 39.7. The van der Waals surface area contributed by atoms with E-state index < -0.39 is 11.7 Å². The molecule has 0 radical (unpaired) electrons. The van der Waals surface area contributed by atoms with Crippen LogP contribution in [0.15, 0.2) is 48.9 Å². The van der Waals surface area contributed by atoms with Gasteiger partial charge in [-0.1, -0.05) is 12.1 Å². The van der Waals surface area contributed by atoms with Crippen molar-refractivity contribution in [1.29, 1.82) is 0 Å². The molecule has 36 heavy (non-hydrogen) atoms. The van der Waals surface area contributed by atoms with E-state index in [1.807, 2.05) is 6.92 Å². The number of fused-ring (bicyclic) bond motifs is 1. The molecular formula is C25H27F3N8. The largest absolute Gasteiger partial charge is 0.417 e. The van der Waals surface area contributed by atoms with Gasteiger partial charge in [-0.2, -0.15) is 13.2 Å². The highest BCUT2D eigenvalue weighted by molar-refractivity contribution is 5.95. The number of pyridine rings is 1. The molecule has 4 N–H and O–H groups in total. The van der Waals surface area contributed by atoms with Crippen LogP contribution < -0.4 is 16.0 Å². The Balaban J connectivity index is 1.37. The number of H-pyrrole nitrogens is 1. The first-order chi connectivity index (χ1) is 17.2. The predicted octanol–water partition coefficient (Wildman–Crippen LogP) is 4.55. The SMILES string of the molecule is C[C@@H](Nc1ncc(N)c(-c2c[nH]c3ncc(C(F)(F)F)cc23)n1)c1ccc(N2CCN(C)CC2)cc1. The topological polar surface area (TPSA) is 99.0 Å². The Bertz CT molecular complexity index is 1360. The summed E-state index contributed by atoms with van der Waals surface area (Å²) in [6, 6.07) is 9.33. The molecule has 0 saturated carbocycles. The number of nitrogen functional groups attached to an aromatic ring is 1. The first kappa shape index (κ1) is 23.9. The van der Waals surface area contributed by atoms with Gasteiger partial charge in [-0.3, -0.25) is 0 Å². The van der Waals surface area contributed by atoms with Gasteiger partial charge in [-0.25, -0.2) is 15.0 Å². The monoisotopic (exact) mass is 496 g/mol. The van der Waals surface area contributed by atoms with E-state index in [0.717, 1.165) is 44.0 Å². The lowest BCUT2D eigenvalue weighted by molar-refractivity contribution is -0.137. The van der Waals surface area contributed by atoms with Crippen LogP contribution in [0.3, 0.4) is 0 Å². The molecule has 188 valence electrons. The smallest absolute Gasteiger partial charge is 0.396 e. The van der Waals surface area contributed by atoms with Crippen LogP contribution in [-0.2, 0) is 6.18 Å². The third kappa shape index (κ3) is 4.78. The molecule has 0 unspecified atom stereocenters. The minimum Gasteiger partial charge on any atom is -0.396 e. The van der Waals surface area contributed by atoms with Crippen molar-refractivity contribution in [3.63, 3.8) is 0 Å². The Labute approximate surface area is 206 Å². The van der Waals surface area contributed by atoms with Gasteiger partial charge in [0.05, 0.1) is 23.5 Å². The molecule has 4 aromatic rings. The number of likely N-dealkylation sites (N-methyl/N-ethyl adjacent to an activating group) is 1. The van der Waals surface area contributed by atoms with E-state index in [9.17, 15) is 13.2 Å². The second-order valence-electron chi connectivity index (χ2n) is 9.07. The van der Waals surface area contributed by atoms with E-state index in [0.29, 0.717) is 22.9 Å². The molecule has 3 aromatic heterocycles. The second kappa shape index (κ2) is 9.30. The number of anilines is 3. The van der Waals surface area contributed by atoms with Crippen LogP contribution in [0.2, 0.25) is 0 Å². The molecule has 1 aromatic carbocycles. The van der Waals surface area contributed by atoms with E-state index in [2.05, 4.69) is 66.4 Å². The molecule has 8 nitrogen and oxygen atoms in total. The standard InChI is InChI=1S/C25H27F3N8/c1-15(16-3-5-18(6-4-16)36-9-7-35(2)8-10-36)33-24-32-14-21(29)22(34-24)20-13-31-23-19(20)11-17(12-30-23)25(26,27)28/h3-6,11-15H,7-10,29H2,1-2H3,(H,30,31)(H,32,33,34)/t15-/m1/s1. The Hall–Kier alpha value is -3.86. The van der Waals surface area contributed by atoms with Crippen molar-refractivity contribution >= 4 is 28.4 Å². The summed E-state index contributed by atoms with van der Waals surface area (Å²) in [7, 11) is 2.13. The maximum absolute atomic E-state index is 13.2. The molecule has 1 fully saturated rings. The number of rotatable bonds is 5. The van der Waals surface area contributed by atoms with Gasteiger partial charge in [0.1, 0.15) is 11.3 Å². The Morgan fingerprint density at radius 3 is 2.47 bits per heavy atom. The number of benzene rings is 1. The fourth-order valence-electron chi connectivity index (χ4n) is 4.35. The number of hydrogen-bond acceptors (Lipinski definition) is 7. The summed E-state index contributed by atoms with van der Waals surface area (Å²) in [5.74, 6) is 0.323. The molecule has 5 rings (SSSR count). The molecule has 1 aliphatic rings. The maximum Gasteiger partial charge on any atom is 0.417 e. The number of piperazine rings is 1. The Morgan fingerprint density at radius 2 is 1.78 bits per heavy atom. The van der Waals surface area contributed by atoms with Gasteiger partial charge in [0.2, 0.25) is 5.95 Å². The van der Waals surface area contributed by atoms with Crippen molar-refractivity contribution < 1.29 is 13.2 Å². The van der Waals surface area contributed by atoms with Gasteiger partial charge < -0.3 is 25.8 Å². The first-order valence-electron chi connectivity index (χ1n) is 11.7. The third-order valence-electron chi connectivity index (χ3n) is 6.54. The van der Waals surface area contributed by atoms with E-state index in [4.69, 9.17) is 5.73 Å².